The van der Waals surface area contributed by atoms with Crippen LogP contribution in [0, 0.1) is 24.7 Å². The molecule has 0 bridgehead atoms. The molecule has 1 aliphatic rings. The summed E-state index contributed by atoms with van der Waals surface area (Å²) in [6.45, 7) is 6.41. The van der Waals surface area contributed by atoms with Gasteiger partial charge < -0.3 is 4.74 Å². The van der Waals surface area contributed by atoms with Crippen molar-refractivity contribution >= 4 is 9.84 Å². The van der Waals surface area contributed by atoms with E-state index in [1.165, 1.54) is 6.42 Å². The Labute approximate surface area is 140 Å². The maximum Gasteiger partial charge on any atom is 0.156 e. The molecule has 0 N–H and O–H groups in total. The molecule has 0 aromatic carbocycles. The Morgan fingerprint density at radius 1 is 1.17 bits per heavy atom. The summed E-state index contributed by atoms with van der Waals surface area (Å²) in [4.78, 5) is 4.33. The van der Waals surface area contributed by atoms with Crippen LogP contribution in [0.5, 0.6) is 5.75 Å². The highest BCUT2D eigenvalue weighted by atomic mass is 32.2. The third kappa shape index (κ3) is 5.79. The van der Waals surface area contributed by atoms with E-state index in [0.717, 1.165) is 25.0 Å². The molecule has 0 radical (unpaired) electrons. The molecule has 0 amide bonds. The van der Waals surface area contributed by atoms with E-state index in [1.54, 1.807) is 19.2 Å². The van der Waals surface area contributed by atoms with Crippen molar-refractivity contribution in [2.75, 3.05) is 12.9 Å². The second-order valence-electron chi connectivity index (χ2n) is 7.30. The molecule has 0 spiro atoms. The lowest BCUT2D eigenvalue weighted by atomic mass is 9.76. The average Bonchev–Trinajstić information content (AvgIpc) is 2.43. The number of pyridine rings is 1. The Kier molecular flexibility index (Phi) is 6.06. The molecule has 1 heterocycles. The first-order valence-electron chi connectivity index (χ1n) is 8.49. The molecule has 2 rings (SSSR count). The number of hydrogen-bond acceptors (Lipinski definition) is 4. The normalized spacial score (nSPS) is 25.3. The SMILES string of the molecule is COc1cc(C)nc(CS(=O)(=O)CCC2CC(C)CC(C)C2)c1. The first-order chi connectivity index (χ1) is 10.8. The number of hydrogen-bond donors (Lipinski definition) is 0. The van der Waals surface area contributed by atoms with Gasteiger partial charge in [0.2, 0.25) is 0 Å². The van der Waals surface area contributed by atoms with E-state index in [0.29, 0.717) is 29.2 Å². The summed E-state index contributed by atoms with van der Waals surface area (Å²) in [5.41, 5.74) is 1.36. The van der Waals surface area contributed by atoms with Gasteiger partial charge in [-0.25, -0.2) is 8.42 Å². The molecule has 0 aliphatic heterocycles. The zero-order valence-electron chi connectivity index (χ0n) is 14.7. The van der Waals surface area contributed by atoms with Crippen molar-refractivity contribution in [3.63, 3.8) is 0 Å². The van der Waals surface area contributed by atoms with E-state index < -0.39 is 9.84 Å². The lowest BCUT2D eigenvalue weighted by Crippen LogP contribution is -2.22. The number of aryl methyl sites for hydroxylation is 1. The zero-order valence-corrected chi connectivity index (χ0v) is 15.5. The molecule has 1 aromatic heterocycles. The zero-order chi connectivity index (χ0) is 17.0. The summed E-state index contributed by atoms with van der Waals surface area (Å²) >= 11 is 0. The van der Waals surface area contributed by atoms with Gasteiger partial charge in [-0.3, -0.25) is 4.98 Å². The van der Waals surface area contributed by atoms with Gasteiger partial charge in [0, 0.05) is 17.8 Å². The highest BCUT2D eigenvalue weighted by Crippen LogP contribution is 2.34. The number of methoxy groups -OCH3 is 1. The van der Waals surface area contributed by atoms with Crippen molar-refractivity contribution in [2.45, 2.75) is 52.2 Å². The fraction of sp³-hybridized carbons (Fsp3) is 0.722. The summed E-state index contributed by atoms with van der Waals surface area (Å²) in [6.07, 6.45) is 4.38. The van der Waals surface area contributed by atoms with Gasteiger partial charge in [-0.15, -0.1) is 0 Å². The third-order valence-electron chi connectivity index (χ3n) is 4.70. The summed E-state index contributed by atoms with van der Waals surface area (Å²) in [6, 6.07) is 3.52. The number of rotatable bonds is 6. The molecule has 1 aromatic rings. The van der Waals surface area contributed by atoms with Gasteiger partial charge in [0.1, 0.15) is 5.75 Å². The number of ether oxygens (including phenoxy) is 1. The fourth-order valence-electron chi connectivity index (χ4n) is 3.89. The quantitative estimate of drug-likeness (QED) is 0.791. The largest absolute Gasteiger partial charge is 0.497 e. The van der Waals surface area contributed by atoms with Crippen molar-refractivity contribution in [3.8, 4) is 5.75 Å². The van der Waals surface area contributed by atoms with Crippen molar-refractivity contribution < 1.29 is 13.2 Å². The van der Waals surface area contributed by atoms with Crippen molar-refractivity contribution in [1.29, 1.82) is 0 Å². The standard InChI is InChI=1S/C18H29NO3S/c1-13-7-14(2)9-16(8-13)5-6-23(20,21)12-17-11-18(22-4)10-15(3)19-17/h10-11,13-14,16H,5-9,12H2,1-4H3. The van der Waals surface area contributed by atoms with Crippen LogP contribution in [0.4, 0.5) is 0 Å². The summed E-state index contributed by atoms with van der Waals surface area (Å²) in [5.74, 6) is 2.90. The average molecular weight is 340 g/mol. The predicted molar refractivity (Wildman–Crippen MR) is 93.3 cm³/mol. The van der Waals surface area contributed by atoms with E-state index in [2.05, 4.69) is 18.8 Å². The number of sulfone groups is 1. The van der Waals surface area contributed by atoms with Crippen LogP contribution >= 0.6 is 0 Å². The van der Waals surface area contributed by atoms with Crippen LogP contribution < -0.4 is 4.74 Å². The second kappa shape index (κ2) is 7.65. The number of nitrogens with zero attached hydrogens (tertiary/aromatic N) is 1. The minimum Gasteiger partial charge on any atom is -0.497 e. The number of aromatic nitrogens is 1. The van der Waals surface area contributed by atoms with Crippen molar-refractivity contribution in [1.82, 2.24) is 4.98 Å². The van der Waals surface area contributed by atoms with E-state index in [-0.39, 0.29) is 11.5 Å². The monoisotopic (exact) mass is 339 g/mol. The molecule has 2 unspecified atom stereocenters. The first kappa shape index (κ1) is 18.2. The molecule has 4 nitrogen and oxygen atoms in total. The van der Waals surface area contributed by atoms with Crippen LogP contribution in [-0.2, 0) is 15.6 Å². The molecule has 1 fully saturated rings. The molecular formula is C18H29NO3S. The van der Waals surface area contributed by atoms with E-state index in [9.17, 15) is 8.42 Å². The summed E-state index contributed by atoms with van der Waals surface area (Å²) in [7, 11) is -1.55. The highest BCUT2D eigenvalue weighted by molar-refractivity contribution is 7.90. The van der Waals surface area contributed by atoms with E-state index in [1.807, 2.05) is 6.92 Å². The van der Waals surface area contributed by atoms with Gasteiger partial charge in [-0.2, -0.15) is 0 Å². The smallest absolute Gasteiger partial charge is 0.156 e. The molecule has 0 saturated heterocycles. The second-order valence-corrected chi connectivity index (χ2v) is 9.49. The minimum atomic E-state index is -3.13. The summed E-state index contributed by atoms with van der Waals surface area (Å²) in [5, 5.41) is 0. The molecule has 23 heavy (non-hydrogen) atoms. The third-order valence-corrected chi connectivity index (χ3v) is 6.29. The summed E-state index contributed by atoms with van der Waals surface area (Å²) < 4.78 is 30.1. The predicted octanol–water partition coefficient (Wildman–Crippen LogP) is 3.78. The Morgan fingerprint density at radius 3 is 2.43 bits per heavy atom. The molecule has 2 atom stereocenters. The maximum atomic E-state index is 12.4. The topological polar surface area (TPSA) is 56.3 Å². The van der Waals surface area contributed by atoms with Crippen LogP contribution in [0.1, 0.15) is 50.9 Å². The Morgan fingerprint density at radius 2 is 1.83 bits per heavy atom. The van der Waals surface area contributed by atoms with Gasteiger partial charge >= 0.3 is 0 Å². The van der Waals surface area contributed by atoms with Crippen LogP contribution in [0.15, 0.2) is 12.1 Å². The van der Waals surface area contributed by atoms with Gasteiger partial charge in [-0.1, -0.05) is 13.8 Å². The Bertz CT molecular complexity index is 617. The fourth-order valence-corrected chi connectivity index (χ4v) is 5.32. The molecule has 1 aliphatic carbocycles. The van der Waals surface area contributed by atoms with Gasteiger partial charge in [-0.05, 0) is 50.4 Å². The highest BCUT2D eigenvalue weighted by Gasteiger charge is 2.25. The Hall–Kier alpha value is -1.10. The van der Waals surface area contributed by atoms with Gasteiger partial charge in [0.05, 0.1) is 24.3 Å². The van der Waals surface area contributed by atoms with Crippen LogP contribution in [0.25, 0.3) is 0 Å². The van der Waals surface area contributed by atoms with Crippen LogP contribution in [-0.4, -0.2) is 26.3 Å². The maximum absolute atomic E-state index is 12.4. The van der Waals surface area contributed by atoms with Crippen LogP contribution in [0.3, 0.4) is 0 Å². The van der Waals surface area contributed by atoms with Crippen LogP contribution in [0.2, 0.25) is 0 Å². The molecular weight excluding hydrogens is 310 g/mol. The Balaban J connectivity index is 1.95. The minimum absolute atomic E-state index is 0.00284. The lowest BCUT2D eigenvalue weighted by molar-refractivity contribution is 0.215. The lowest BCUT2D eigenvalue weighted by Gasteiger charge is -2.31. The van der Waals surface area contributed by atoms with Gasteiger partial charge in [0.25, 0.3) is 0 Å². The van der Waals surface area contributed by atoms with Crippen molar-refractivity contribution in [3.05, 3.63) is 23.5 Å². The molecule has 130 valence electrons. The van der Waals surface area contributed by atoms with Gasteiger partial charge in [0.15, 0.2) is 9.84 Å². The molecule has 1 saturated carbocycles. The van der Waals surface area contributed by atoms with E-state index in [4.69, 9.17) is 4.74 Å². The van der Waals surface area contributed by atoms with E-state index >= 15 is 0 Å². The molecule has 5 heteroatoms. The van der Waals surface area contributed by atoms with Crippen molar-refractivity contribution in [2.24, 2.45) is 17.8 Å². The first-order valence-corrected chi connectivity index (χ1v) is 10.3.